The number of amides is 1. The van der Waals surface area contributed by atoms with Crippen molar-refractivity contribution < 1.29 is 15.0 Å². The van der Waals surface area contributed by atoms with Gasteiger partial charge < -0.3 is 15.1 Å². The Morgan fingerprint density at radius 2 is 1.94 bits per heavy atom. The molecule has 0 saturated carbocycles. The number of benzene rings is 1. The van der Waals surface area contributed by atoms with Crippen molar-refractivity contribution in [2.75, 3.05) is 13.6 Å². The van der Waals surface area contributed by atoms with E-state index in [0.717, 1.165) is 12.0 Å². The van der Waals surface area contributed by atoms with E-state index in [9.17, 15) is 9.90 Å². The number of carbonyl (C=O) groups is 1. The van der Waals surface area contributed by atoms with Gasteiger partial charge in [-0.3, -0.25) is 4.79 Å². The Morgan fingerprint density at radius 1 is 1.33 bits per heavy atom. The van der Waals surface area contributed by atoms with Crippen molar-refractivity contribution in [1.82, 2.24) is 4.90 Å². The molecule has 0 aliphatic heterocycles. The Labute approximate surface area is 108 Å². The summed E-state index contributed by atoms with van der Waals surface area (Å²) in [5, 5.41) is 18.8. The summed E-state index contributed by atoms with van der Waals surface area (Å²) in [5.74, 6) is 0.0113. The molecular formula is C14H21NO3. The van der Waals surface area contributed by atoms with Crippen LogP contribution in [0.3, 0.4) is 0 Å². The number of phenols is 1. The Balaban J connectivity index is 2.43. The third-order valence-corrected chi connectivity index (χ3v) is 2.90. The van der Waals surface area contributed by atoms with Crippen LogP contribution in [0, 0.1) is 0 Å². The number of hydrogen-bond acceptors (Lipinski definition) is 3. The zero-order valence-electron chi connectivity index (χ0n) is 11.0. The number of phenolic OH excluding ortho intramolecular Hbond substituents is 1. The zero-order valence-corrected chi connectivity index (χ0v) is 11.0. The average molecular weight is 251 g/mol. The third kappa shape index (κ3) is 4.37. The van der Waals surface area contributed by atoms with Gasteiger partial charge in [-0.15, -0.1) is 0 Å². The second kappa shape index (κ2) is 7.01. The average Bonchev–Trinajstić information content (AvgIpc) is 2.37. The van der Waals surface area contributed by atoms with Crippen LogP contribution < -0.4 is 0 Å². The number of rotatable bonds is 6. The molecule has 0 radical (unpaired) electrons. The first-order chi connectivity index (χ1) is 8.54. The van der Waals surface area contributed by atoms with Crippen LogP contribution in [0.1, 0.15) is 25.3 Å². The largest absolute Gasteiger partial charge is 0.508 e. The Morgan fingerprint density at radius 3 is 2.50 bits per heavy atom. The maximum Gasteiger partial charge on any atom is 0.251 e. The lowest BCUT2D eigenvalue weighted by Gasteiger charge is -2.20. The molecule has 0 saturated heterocycles. The summed E-state index contributed by atoms with van der Waals surface area (Å²) < 4.78 is 0. The van der Waals surface area contributed by atoms with Crippen LogP contribution in [-0.4, -0.2) is 40.7 Å². The van der Waals surface area contributed by atoms with Crippen molar-refractivity contribution in [1.29, 1.82) is 0 Å². The second-order valence-electron chi connectivity index (χ2n) is 4.48. The smallest absolute Gasteiger partial charge is 0.251 e. The summed E-state index contributed by atoms with van der Waals surface area (Å²) in [6, 6.07) is 6.92. The SMILES string of the molecule is CCCC(O)C(=O)N(C)CCc1ccc(O)cc1. The number of nitrogens with zero attached hydrogens (tertiary/aromatic N) is 1. The lowest BCUT2D eigenvalue weighted by Crippen LogP contribution is -2.37. The van der Waals surface area contributed by atoms with Gasteiger partial charge in [0, 0.05) is 13.6 Å². The molecule has 0 spiro atoms. The summed E-state index contributed by atoms with van der Waals surface area (Å²) in [4.78, 5) is 13.3. The number of likely N-dealkylation sites (N-methyl/N-ethyl adjacent to an activating group) is 1. The molecule has 0 bridgehead atoms. The molecule has 1 aromatic rings. The molecule has 0 heterocycles. The van der Waals surface area contributed by atoms with E-state index >= 15 is 0 Å². The molecule has 1 amide bonds. The summed E-state index contributed by atoms with van der Waals surface area (Å²) >= 11 is 0. The van der Waals surface area contributed by atoms with E-state index in [2.05, 4.69) is 0 Å². The van der Waals surface area contributed by atoms with Crippen molar-refractivity contribution in [2.45, 2.75) is 32.3 Å². The van der Waals surface area contributed by atoms with E-state index in [4.69, 9.17) is 5.11 Å². The first-order valence-corrected chi connectivity index (χ1v) is 6.25. The van der Waals surface area contributed by atoms with Crippen molar-refractivity contribution in [3.63, 3.8) is 0 Å². The van der Waals surface area contributed by atoms with Gasteiger partial charge in [0.25, 0.3) is 5.91 Å². The summed E-state index contributed by atoms with van der Waals surface area (Å²) in [6.07, 6.45) is 1.11. The quantitative estimate of drug-likeness (QED) is 0.806. The van der Waals surface area contributed by atoms with E-state index in [0.29, 0.717) is 19.4 Å². The van der Waals surface area contributed by atoms with Crippen molar-refractivity contribution in [2.24, 2.45) is 0 Å². The van der Waals surface area contributed by atoms with Gasteiger partial charge in [-0.1, -0.05) is 25.5 Å². The summed E-state index contributed by atoms with van der Waals surface area (Å²) in [5.41, 5.74) is 1.05. The summed E-state index contributed by atoms with van der Waals surface area (Å²) in [7, 11) is 1.70. The Bertz CT molecular complexity index is 375. The maximum atomic E-state index is 11.7. The van der Waals surface area contributed by atoms with E-state index < -0.39 is 6.10 Å². The van der Waals surface area contributed by atoms with Gasteiger partial charge in [-0.25, -0.2) is 0 Å². The highest BCUT2D eigenvalue weighted by Gasteiger charge is 2.17. The van der Waals surface area contributed by atoms with Crippen molar-refractivity contribution in [3.05, 3.63) is 29.8 Å². The second-order valence-corrected chi connectivity index (χ2v) is 4.48. The molecule has 0 aromatic heterocycles. The molecule has 0 aliphatic carbocycles. The van der Waals surface area contributed by atoms with Crippen LogP contribution in [0.2, 0.25) is 0 Å². The minimum Gasteiger partial charge on any atom is -0.508 e. The standard InChI is InChI=1S/C14H21NO3/c1-3-4-13(17)14(18)15(2)10-9-11-5-7-12(16)8-6-11/h5-8,13,16-17H,3-4,9-10H2,1-2H3. The van der Waals surface area contributed by atoms with Gasteiger partial charge in [-0.2, -0.15) is 0 Å². The molecule has 1 unspecified atom stereocenters. The molecule has 1 rings (SSSR count). The highest BCUT2D eigenvalue weighted by Crippen LogP contribution is 2.10. The molecule has 100 valence electrons. The molecule has 2 N–H and O–H groups in total. The normalized spacial score (nSPS) is 12.2. The number of aromatic hydroxyl groups is 1. The number of aliphatic hydroxyl groups excluding tert-OH is 1. The minimum absolute atomic E-state index is 0.226. The van der Waals surface area contributed by atoms with E-state index in [-0.39, 0.29) is 11.7 Å². The van der Waals surface area contributed by atoms with Gasteiger partial charge in [0.1, 0.15) is 11.9 Å². The topological polar surface area (TPSA) is 60.8 Å². The minimum atomic E-state index is -0.889. The predicted octanol–water partition coefficient (Wildman–Crippen LogP) is 1.55. The van der Waals surface area contributed by atoms with E-state index in [1.807, 2.05) is 19.1 Å². The van der Waals surface area contributed by atoms with Crippen LogP contribution >= 0.6 is 0 Å². The van der Waals surface area contributed by atoms with Crippen LogP contribution in [0.25, 0.3) is 0 Å². The van der Waals surface area contributed by atoms with Gasteiger partial charge in [-0.05, 0) is 30.5 Å². The van der Waals surface area contributed by atoms with Gasteiger partial charge in [0.2, 0.25) is 0 Å². The molecule has 4 nitrogen and oxygen atoms in total. The van der Waals surface area contributed by atoms with Crippen LogP contribution in [0.4, 0.5) is 0 Å². The van der Waals surface area contributed by atoms with Gasteiger partial charge in [0.05, 0.1) is 0 Å². The van der Waals surface area contributed by atoms with Crippen molar-refractivity contribution in [3.8, 4) is 5.75 Å². The van der Waals surface area contributed by atoms with E-state index in [1.165, 1.54) is 0 Å². The molecule has 0 aliphatic rings. The lowest BCUT2D eigenvalue weighted by molar-refractivity contribution is -0.139. The molecule has 0 fully saturated rings. The van der Waals surface area contributed by atoms with Gasteiger partial charge >= 0.3 is 0 Å². The molecule has 1 atom stereocenters. The number of aliphatic hydroxyl groups is 1. The fourth-order valence-electron chi connectivity index (χ4n) is 1.72. The molecule has 18 heavy (non-hydrogen) atoms. The van der Waals surface area contributed by atoms with Crippen LogP contribution in [-0.2, 0) is 11.2 Å². The number of carbonyl (C=O) groups excluding carboxylic acids is 1. The van der Waals surface area contributed by atoms with E-state index in [1.54, 1.807) is 24.1 Å². The fourth-order valence-corrected chi connectivity index (χ4v) is 1.72. The Kier molecular flexibility index (Phi) is 5.65. The number of hydrogen-bond donors (Lipinski definition) is 2. The molecule has 4 heteroatoms. The van der Waals surface area contributed by atoms with Gasteiger partial charge in [0.15, 0.2) is 0 Å². The first kappa shape index (κ1) is 14.5. The maximum absolute atomic E-state index is 11.7. The Hall–Kier alpha value is -1.55. The first-order valence-electron chi connectivity index (χ1n) is 6.25. The molecular weight excluding hydrogens is 230 g/mol. The monoisotopic (exact) mass is 251 g/mol. The molecule has 1 aromatic carbocycles. The van der Waals surface area contributed by atoms with Crippen molar-refractivity contribution >= 4 is 5.91 Å². The summed E-state index contributed by atoms with van der Waals surface area (Å²) in [6.45, 7) is 2.50. The zero-order chi connectivity index (χ0) is 13.5. The highest BCUT2D eigenvalue weighted by molar-refractivity contribution is 5.80. The predicted molar refractivity (Wildman–Crippen MR) is 70.4 cm³/mol. The lowest BCUT2D eigenvalue weighted by atomic mass is 10.1. The third-order valence-electron chi connectivity index (χ3n) is 2.90. The fraction of sp³-hybridized carbons (Fsp3) is 0.500. The van der Waals surface area contributed by atoms with Crippen LogP contribution in [0.5, 0.6) is 5.75 Å². The highest BCUT2D eigenvalue weighted by atomic mass is 16.3. The van der Waals surface area contributed by atoms with Crippen LogP contribution in [0.15, 0.2) is 24.3 Å².